The minimum absolute atomic E-state index is 0.589. The normalized spacial score (nSPS) is 13.2. The summed E-state index contributed by atoms with van der Waals surface area (Å²) in [6.45, 7) is 3.69. The average molecular weight is 229 g/mol. The lowest BCUT2D eigenvalue weighted by atomic mass is 10.3. The molecule has 5 nitrogen and oxygen atoms in total. The Morgan fingerprint density at radius 2 is 2.08 bits per heavy atom. The van der Waals surface area contributed by atoms with Gasteiger partial charge in [0.05, 0.1) is 5.71 Å². The lowest BCUT2D eigenvalue weighted by Crippen LogP contribution is -1.91. The summed E-state index contributed by atoms with van der Waals surface area (Å²) in [5.74, 6) is -3.05. The molecule has 0 aromatic heterocycles. The Morgan fingerprint density at radius 1 is 1.58 bits per heavy atom. The second-order valence-electron chi connectivity index (χ2n) is 1.92. The van der Waals surface area contributed by atoms with Crippen molar-refractivity contribution in [2.24, 2.45) is 15.4 Å². The molecular formula is C4H12N3O2PS2. The second kappa shape index (κ2) is 5.88. The van der Waals surface area contributed by atoms with Crippen molar-refractivity contribution in [2.75, 3.05) is 0 Å². The molecule has 0 aliphatic heterocycles. The van der Waals surface area contributed by atoms with Crippen LogP contribution >= 0.6 is 28.9 Å². The minimum Gasteiger partial charge on any atom is -0.317 e. The number of hydrogen-bond acceptors (Lipinski definition) is 7. The largest absolute Gasteiger partial charge is 0.408 e. The molecule has 0 aromatic rings. The molecular weight excluding hydrogens is 217 g/mol. The predicted molar refractivity (Wildman–Crippen MR) is 55.6 cm³/mol. The fourth-order valence-electron chi connectivity index (χ4n) is 0.248. The Hall–Kier alpha value is 0.320. The molecule has 0 spiro atoms. The van der Waals surface area contributed by atoms with Gasteiger partial charge in [-0.25, -0.2) is 4.57 Å². The molecule has 0 aromatic carbocycles. The zero-order valence-corrected chi connectivity index (χ0v) is 9.42. The number of nitrogens with zero attached hydrogens (tertiary/aromatic N) is 1. The molecule has 4 N–H and O–H groups in total. The summed E-state index contributed by atoms with van der Waals surface area (Å²) in [7, 11) is 0. The molecule has 0 amide bonds. The Kier molecular flexibility index (Phi) is 6.04. The molecule has 0 unspecified atom stereocenters. The van der Waals surface area contributed by atoms with Crippen molar-refractivity contribution in [3.8, 4) is 0 Å². The number of nitrogens with two attached hydrogens (primary N) is 2. The molecule has 0 heterocycles. The van der Waals surface area contributed by atoms with Crippen LogP contribution in [0.4, 0.5) is 0 Å². The average Bonchev–Trinajstić information content (AvgIpc) is 2.13. The third-order valence-corrected chi connectivity index (χ3v) is 5.36. The molecule has 72 valence electrons. The van der Waals surface area contributed by atoms with Crippen molar-refractivity contribution >= 4 is 34.6 Å². The van der Waals surface area contributed by atoms with E-state index in [-0.39, 0.29) is 0 Å². The smallest absolute Gasteiger partial charge is 0.317 e. The van der Waals surface area contributed by atoms with Gasteiger partial charge >= 0.3 is 5.77 Å². The Balaban J connectivity index is 4.14. The highest BCUT2D eigenvalue weighted by atomic mass is 33.1. The van der Waals surface area contributed by atoms with Crippen LogP contribution in [-0.2, 0) is 9.19 Å². The molecule has 8 heteroatoms. The molecule has 0 rings (SSSR count). The first-order valence-electron chi connectivity index (χ1n) is 3.17. The fraction of sp³-hybridized carbons (Fsp3) is 0.750. The third-order valence-electron chi connectivity index (χ3n) is 1.07. The lowest BCUT2D eigenvalue weighted by molar-refractivity contribution is 0.357. The molecule has 0 aliphatic rings. The van der Waals surface area contributed by atoms with E-state index >= 15 is 0 Å². The van der Waals surface area contributed by atoms with Crippen LogP contribution in [0, 0.1) is 0 Å². The summed E-state index contributed by atoms with van der Waals surface area (Å²) < 4.78 is 16.0. The third kappa shape index (κ3) is 4.37. The maximum absolute atomic E-state index is 11.3. The van der Waals surface area contributed by atoms with E-state index < -0.39 is 5.77 Å². The van der Waals surface area contributed by atoms with Crippen LogP contribution in [0.25, 0.3) is 0 Å². The van der Waals surface area contributed by atoms with Crippen LogP contribution in [-0.4, -0.2) is 5.71 Å². The van der Waals surface area contributed by atoms with Crippen LogP contribution in [0.1, 0.15) is 20.3 Å². The maximum atomic E-state index is 11.3. The molecule has 0 atom stereocenters. The van der Waals surface area contributed by atoms with Crippen LogP contribution in [0.2, 0.25) is 0 Å². The lowest BCUT2D eigenvalue weighted by Gasteiger charge is -2.07. The second-order valence-corrected chi connectivity index (χ2v) is 8.24. The summed E-state index contributed by atoms with van der Waals surface area (Å²) >= 11 is 1.18. The van der Waals surface area contributed by atoms with E-state index in [1.807, 2.05) is 6.92 Å². The Bertz CT molecular complexity index is 202. The van der Waals surface area contributed by atoms with Crippen molar-refractivity contribution < 1.29 is 9.19 Å². The number of rotatable bonds is 5. The molecule has 0 saturated carbocycles. The molecule has 0 aliphatic carbocycles. The SMILES string of the molecule is CC/C(C)=N/OP(=O)(SN)SN. The van der Waals surface area contributed by atoms with Gasteiger partial charge in [-0.1, -0.05) is 12.1 Å². The van der Waals surface area contributed by atoms with Gasteiger partial charge in [-0.3, -0.25) is 10.3 Å². The zero-order valence-electron chi connectivity index (χ0n) is 6.89. The van der Waals surface area contributed by atoms with Gasteiger partial charge in [-0.15, -0.1) is 0 Å². The predicted octanol–water partition coefficient (Wildman–Crippen LogP) is 2.11. The minimum atomic E-state index is -3.05. The van der Waals surface area contributed by atoms with Gasteiger partial charge in [0.25, 0.3) is 0 Å². The van der Waals surface area contributed by atoms with Gasteiger partial charge in [-0.05, 0) is 13.3 Å². The summed E-state index contributed by atoms with van der Waals surface area (Å²) in [6.07, 6.45) is 0.741. The van der Waals surface area contributed by atoms with Crippen LogP contribution in [0.5, 0.6) is 0 Å². The van der Waals surface area contributed by atoms with E-state index in [9.17, 15) is 4.57 Å². The van der Waals surface area contributed by atoms with Gasteiger partial charge in [0.1, 0.15) is 0 Å². The standard InChI is InChI=1S/C4H12N3O2PS2/c1-3-4(2)7-9-10(8,11-5)12-6/h3,5-6H2,1-2H3/b7-4+. The molecule has 0 radical (unpaired) electrons. The zero-order chi connectivity index (χ0) is 9.61. The molecule has 12 heavy (non-hydrogen) atoms. The molecule has 0 fully saturated rings. The van der Waals surface area contributed by atoms with Crippen molar-refractivity contribution in [3.63, 3.8) is 0 Å². The summed E-state index contributed by atoms with van der Waals surface area (Å²) in [5, 5.41) is 13.8. The van der Waals surface area contributed by atoms with E-state index in [0.29, 0.717) is 23.1 Å². The van der Waals surface area contributed by atoms with Gasteiger partial charge in [-0.2, -0.15) is 0 Å². The van der Waals surface area contributed by atoms with Crippen LogP contribution < -0.4 is 10.3 Å². The van der Waals surface area contributed by atoms with Crippen molar-refractivity contribution in [1.29, 1.82) is 0 Å². The van der Waals surface area contributed by atoms with Gasteiger partial charge in [0, 0.05) is 23.1 Å². The Labute approximate surface area is 79.9 Å². The summed E-state index contributed by atoms with van der Waals surface area (Å²) in [4.78, 5) is 0. The summed E-state index contributed by atoms with van der Waals surface area (Å²) in [6, 6.07) is 0. The quantitative estimate of drug-likeness (QED) is 0.325. The van der Waals surface area contributed by atoms with E-state index in [0.717, 1.165) is 12.1 Å². The number of oxime groups is 1. The first-order chi connectivity index (χ1) is 5.58. The number of hydrogen-bond donors (Lipinski definition) is 2. The van der Waals surface area contributed by atoms with Crippen molar-refractivity contribution in [1.82, 2.24) is 0 Å². The first-order valence-corrected chi connectivity index (χ1v) is 7.76. The van der Waals surface area contributed by atoms with E-state index in [4.69, 9.17) is 14.9 Å². The van der Waals surface area contributed by atoms with Crippen LogP contribution in [0.15, 0.2) is 5.16 Å². The topological polar surface area (TPSA) is 90.7 Å². The van der Waals surface area contributed by atoms with E-state index in [1.54, 1.807) is 6.92 Å². The van der Waals surface area contributed by atoms with E-state index in [2.05, 4.69) is 5.16 Å². The monoisotopic (exact) mass is 229 g/mol. The highest BCUT2D eigenvalue weighted by Gasteiger charge is 2.23. The highest BCUT2D eigenvalue weighted by Crippen LogP contribution is 2.65. The van der Waals surface area contributed by atoms with Gasteiger partial charge in [0.2, 0.25) is 0 Å². The highest BCUT2D eigenvalue weighted by molar-refractivity contribution is 8.88. The van der Waals surface area contributed by atoms with Gasteiger partial charge < -0.3 is 4.62 Å². The molecule has 0 bridgehead atoms. The van der Waals surface area contributed by atoms with Crippen molar-refractivity contribution in [2.45, 2.75) is 20.3 Å². The summed E-state index contributed by atoms with van der Waals surface area (Å²) in [5.41, 5.74) is 0.748. The van der Waals surface area contributed by atoms with E-state index in [1.165, 1.54) is 0 Å². The fourth-order valence-corrected chi connectivity index (χ4v) is 1.64. The Morgan fingerprint density at radius 3 is 2.42 bits per heavy atom. The van der Waals surface area contributed by atoms with Crippen molar-refractivity contribution in [3.05, 3.63) is 0 Å². The van der Waals surface area contributed by atoms with Crippen LogP contribution in [0.3, 0.4) is 0 Å². The maximum Gasteiger partial charge on any atom is 0.408 e. The first kappa shape index (κ1) is 12.3. The van der Waals surface area contributed by atoms with Gasteiger partial charge in [0.15, 0.2) is 0 Å². The molecule has 0 saturated heterocycles.